The third-order valence-electron chi connectivity index (χ3n) is 10.3. The Morgan fingerprint density at radius 3 is 0.887 bits per heavy atom. The van der Waals surface area contributed by atoms with Crippen LogP contribution in [0.3, 0.4) is 0 Å². The molecular formula is C34H50N4O15. The topological polar surface area (TPSA) is 236 Å². The molecule has 0 bridgehead atoms. The highest BCUT2D eigenvalue weighted by atomic mass is 16.6. The Morgan fingerprint density at radius 2 is 0.717 bits per heavy atom. The normalized spacial score (nSPS) is 25.5. The van der Waals surface area contributed by atoms with Gasteiger partial charge in [-0.15, -0.1) is 0 Å². The molecule has 53 heavy (non-hydrogen) atoms. The molecule has 4 aliphatic rings. The molecule has 0 saturated carbocycles. The second kappa shape index (κ2) is 17.6. The number of carbonyl (C=O) groups excluding carboxylic acids is 8. The number of rotatable bonds is 18. The predicted octanol–water partition coefficient (Wildman–Crippen LogP) is -2.95. The lowest BCUT2D eigenvalue weighted by Crippen LogP contribution is -2.47. The van der Waals surface area contributed by atoms with Crippen molar-refractivity contribution in [1.29, 1.82) is 0 Å². The molecule has 4 unspecified atom stereocenters. The summed E-state index contributed by atoms with van der Waals surface area (Å²) in [6.07, 6.45) is -0.265. The van der Waals surface area contributed by atoms with Crippen molar-refractivity contribution in [3.63, 3.8) is 0 Å². The molecule has 19 heteroatoms. The van der Waals surface area contributed by atoms with Crippen molar-refractivity contribution in [1.82, 2.24) is 19.6 Å². The van der Waals surface area contributed by atoms with Crippen molar-refractivity contribution >= 4 is 47.5 Å². The van der Waals surface area contributed by atoms with Gasteiger partial charge in [0.2, 0.25) is 23.6 Å². The van der Waals surface area contributed by atoms with Gasteiger partial charge in [0.1, 0.15) is 26.4 Å². The second-order valence-electron chi connectivity index (χ2n) is 14.9. The molecule has 296 valence electrons. The number of amides is 4. The number of nitrogens with zero attached hydrogens (tertiary/aromatic N) is 4. The molecule has 0 radical (unpaired) electrons. The first-order valence-electron chi connectivity index (χ1n) is 17.4. The van der Waals surface area contributed by atoms with Gasteiger partial charge in [-0.25, -0.2) is 0 Å². The van der Waals surface area contributed by atoms with E-state index in [9.17, 15) is 48.6 Å². The first-order valence-corrected chi connectivity index (χ1v) is 17.4. The molecule has 4 heterocycles. The fourth-order valence-corrected chi connectivity index (χ4v) is 6.46. The standard InChI is InChI=1S/C34H50N4O15/c1-35-9-21(5-25(35)41)29(45)50-17-33(13-39,18-51-30(46)22-6-26(42)36(2)10-22)15-49-16-34(14-40,19-52-31(47)23-7-27(43)37(3)11-23)20-53-32(48)24-8-28(44)38(4)12-24/h21-24,39-40H,5-20H2,1-4H3. The van der Waals surface area contributed by atoms with Crippen LogP contribution < -0.4 is 0 Å². The maximum absolute atomic E-state index is 12.9. The van der Waals surface area contributed by atoms with Crippen LogP contribution in [0.5, 0.6) is 0 Å². The van der Waals surface area contributed by atoms with E-state index in [0.29, 0.717) is 0 Å². The second-order valence-corrected chi connectivity index (χ2v) is 14.9. The maximum Gasteiger partial charge on any atom is 0.311 e. The van der Waals surface area contributed by atoms with Crippen LogP contribution in [0.2, 0.25) is 0 Å². The molecule has 4 saturated heterocycles. The van der Waals surface area contributed by atoms with Gasteiger partial charge in [-0.05, 0) is 0 Å². The minimum absolute atomic E-state index is 0.0662. The number of hydrogen-bond acceptors (Lipinski definition) is 15. The third kappa shape index (κ3) is 10.4. The molecule has 4 amide bonds. The zero-order chi connectivity index (χ0) is 39.1. The molecule has 4 fully saturated rings. The van der Waals surface area contributed by atoms with E-state index in [1.54, 1.807) is 28.2 Å². The lowest BCUT2D eigenvalue weighted by atomic mass is 9.90. The summed E-state index contributed by atoms with van der Waals surface area (Å²) in [6.45, 7) is -3.92. The molecule has 0 aromatic heterocycles. The van der Waals surface area contributed by atoms with Crippen LogP contribution in [0.4, 0.5) is 0 Å². The Kier molecular flexibility index (Phi) is 13.8. The first-order chi connectivity index (χ1) is 25.0. The summed E-state index contributed by atoms with van der Waals surface area (Å²) >= 11 is 0. The fraction of sp³-hybridized carbons (Fsp3) is 0.765. The number of likely N-dealkylation sites (tertiary alicyclic amines) is 4. The van der Waals surface area contributed by atoms with Crippen molar-refractivity contribution in [2.24, 2.45) is 34.5 Å². The zero-order valence-electron chi connectivity index (χ0n) is 30.6. The minimum Gasteiger partial charge on any atom is -0.464 e. The number of aliphatic hydroxyl groups is 2. The smallest absolute Gasteiger partial charge is 0.311 e. The molecule has 19 nitrogen and oxygen atoms in total. The van der Waals surface area contributed by atoms with Crippen molar-refractivity contribution in [2.75, 3.05) is 107 Å². The van der Waals surface area contributed by atoms with Gasteiger partial charge >= 0.3 is 23.9 Å². The van der Waals surface area contributed by atoms with Crippen LogP contribution in [0.25, 0.3) is 0 Å². The molecule has 0 aromatic rings. The van der Waals surface area contributed by atoms with Crippen molar-refractivity contribution in [3.05, 3.63) is 0 Å². The molecule has 0 spiro atoms. The van der Waals surface area contributed by atoms with Crippen molar-refractivity contribution in [2.45, 2.75) is 25.7 Å². The number of ether oxygens (including phenoxy) is 5. The monoisotopic (exact) mass is 754 g/mol. The largest absolute Gasteiger partial charge is 0.464 e. The van der Waals surface area contributed by atoms with Crippen LogP contribution in [0.1, 0.15) is 25.7 Å². The molecule has 0 aromatic carbocycles. The third-order valence-corrected chi connectivity index (χ3v) is 10.3. The van der Waals surface area contributed by atoms with Gasteiger partial charge in [0, 0.05) is 80.1 Å². The Bertz CT molecular complexity index is 1240. The highest BCUT2D eigenvalue weighted by Gasteiger charge is 2.43. The van der Waals surface area contributed by atoms with Crippen LogP contribution in [0, 0.1) is 34.5 Å². The Hall–Kier alpha value is -4.36. The van der Waals surface area contributed by atoms with Gasteiger partial charge in [0.25, 0.3) is 0 Å². The highest BCUT2D eigenvalue weighted by Crippen LogP contribution is 2.28. The Labute approximate surface area is 306 Å². The van der Waals surface area contributed by atoms with E-state index >= 15 is 0 Å². The lowest BCUT2D eigenvalue weighted by molar-refractivity contribution is -0.172. The molecule has 4 atom stereocenters. The van der Waals surface area contributed by atoms with Crippen molar-refractivity contribution < 1.29 is 72.3 Å². The molecule has 2 N–H and O–H groups in total. The van der Waals surface area contributed by atoms with Crippen LogP contribution in [-0.2, 0) is 62.0 Å². The minimum atomic E-state index is -1.58. The first kappa shape index (κ1) is 41.4. The molecule has 4 aliphatic heterocycles. The number of aliphatic hydroxyl groups excluding tert-OH is 2. The van der Waals surface area contributed by atoms with E-state index in [4.69, 9.17) is 23.7 Å². The lowest BCUT2D eigenvalue weighted by Gasteiger charge is -2.35. The van der Waals surface area contributed by atoms with E-state index in [-0.39, 0.29) is 75.5 Å². The van der Waals surface area contributed by atoms with Crippen LogP contribution in [0.15, 0.2) is 0 Å². The zero-order valence-corrected chi connectivity index (χ0v) is 30.6. The Morgan fingerprint density at radius 1 is 0.491 bits per heavy atom. The average Bonchev–Trinajstić information content (AvgIpc) is 3.87. The summed E-state index contributed by atoms with van der Waals surface area (Å²) in [5.74, 6) is -6.88. The van der Waals surface area contributed by atoms with E-state index in [1.165, 1.54) is 19.6 Å². The van der Waals surface area contributed by atoms with Gasteiger partial charge in [-0.3, -0.25) is 38.4 Å². The molecule has 0 aliphatic carbocycles. The number of esters is 4. The number of hydrogen-bond donors (Lipinski definition) is 2. The van der Waals surface area contributed by atoms with Gasteiger partial charge in [0.15, 0.2) is 0 Å². The van der Waals surface area contributed by atoms with Gasteiger partial charge in [-0.1, -0.05) is 0 Å². The summed E-state index contributed by atoms with van der Waals surface area (Å²) in [4.78, 5) is 105. The van der Waals surface area contributed by atoms with Crippen molar-refractivity contribution in [3.8, 4) is 0 Å². The highest BCUT2D eigenvalue weighted by molar-refractivity contribution is 5.88. The van der Waals surface area contributed by atoms with Crippen LogP contribution in [-0.4, -0.2) is 185 Å². The molecular weight excluding hydrogens is 704 g/mol. The summed E-state index contributed by atoms with van der Waals surface area (Å²) in [5.41, 5.74) is -3.15. The van der Waals surface area contributed by atoms with Gasteiger partial charge in [-0.2, -0.15) is 0 Å². The SMILES string of the molecule is CN1CC(C(=O)OCC(CO)(COCC(CO)(COC(=O)C2CC(=O)N(C)C2)COC(=O)C2CC(=O)N(C)C2)COC(=O)C2CC(=O)N(C)C2)CC1=O. The maximum atomic E-state index is 12.9. The summed E-state index contributed by atoms with van der Waals surface area (Å²) in [5, 5.41) is 21.3. The summed E-state index contributed by atoms with van der Waals surface area (Å²) in [7, 11) is 6.19. The van der Waals surface area contributed by atoms with E-state index < -0.39 is 111 Å². The number of carbonyl (C=O) groups is 8. The average molecular weight is 755 g/mol. The van der Waals surface area contributed by atoms with E-state index in [1.807, 2.05) is 0 Å². The quantitative estimate of drug-likeness (QED) is 0.105. The summed E-state index contributed by atoms with van der Waals surface area (Å²) < 4.78 is 28.1. The van der Waals surface area contributed by atoms with Gasteiger partial charge < -0.3 is 53.5 Å². The van der Waals surface area contributed by atoms with E-state index in [0.717, 1.165) is 0 Å². The van der Waals surface area contributed by atoms with E-state index in [2.05, 4.69) is 0 Å². The fourth-order valence-electron chi connectivity index (χ4n) is 6.46. The van der Waals surface area contributed by atoms with Crippen LogP contribution >= 0.6 is 0 Å². The predicted molar refractivity (Wildman–Crippen MR) is 177 cm³/mol. The molecule has 4 rings (SSSR count). The summed E-state index contributed by atoms with van der Waals surface area (Å²) in [6, 6.07) is 0. The van der Waals surface area contributed by atoms with Gasteiger partial charge in [0.05, 0.1) is 60.9 Å². The Balaban J connectivity index is 1.48.